The highest BCUT2D eigenvalue weighted by atomic mass is 32.1. The van der Waals surface area contributed by atoms with Gasteiger partial charge in [-0.2, -0.15) is 0 Å². The third kappa shape index (κ3) is 3.08. The molecule has 3 aromatic heterocycles. The number of thiocarbonyl (C=S) groups is 1. The summed E-state index contributed by atoms with van der Waals surface area (Å²) < 4.78 is 0. The molecule has 0 radical (unpaired) electrons. The molecule has 0 saturated carbocycles. The number of hydrogen-bond donors (Lipinski definition) is 2. The number of hydrogen-bond acceptors (Lipinski definition) is 3. The van der Waals surface area contributed by atoms with E-state index in [0.717, 1.165) is 23.0 Å². The van der Waals surface area contributed by atoms with E-state index in [9.17, 15) is 0 Å². The zero-order valence-corrected chi connectivity index (χ0v) is 15.6. The minimum atomic E-state index is 0.0134. The van der Waals surface area contributed by atoms with Crippen molar-refractivity contribution in [3.63, 3.8) is 0 Å². The number of pyridine rings is 2. The highest BCUT2D eigenvalue weighted by Gasteiger charge is 2.40. The molecule has 4 rings (SSSR count). The number of nitrogens with zero attached hydrogens (tertiary/aromatic N) is 3. The van der Waals surface area contributed by atoms with Crippen molar-refractivity contribution >= 4 is 17.3 Å². The van der Waals surface area contributed by atoms with Crippen LogP contribution in [0.2, 0.25) is 0 Å². The smallest absolute Gasteiger partial charge is 0.170 e. The number of aromatic nitrogens is 3. The fraction of sp³-hybridized carbons (Fsp3) is 0.250. The van der Waals surface area contributed by atoms with E-state index in [-0.39, 0.29) is 12.1 Å². The highest BCUT2D eigenvalue weighted by molar-refractivity contribution is 7.80. The molecule has 6 heteroatoms. The fourth-order valence-electron chi connectivity index (χ4n) is 3.65. The summed E-state index contributed by atoms with van der Waals surface area (Å²) in [7, 11) is 0. The minimum absolute atomic E-state index is 0.0134. The van der Waals surface area contributed by atoms with Crippen LogP contribution in [-0.4, -0.2) is 25.0 Å². The normalized spacial score (nSPS) is 19.6. The molecule has 1 aliphatic rings. The molecule has 1 fully saturated rings. The van der Waals surface area contributed by atoms with Gasteiger partial charge in [-0.15, -0.1) is 0 Å². The van der Waals surface area contributed by atoms with E-state index in [1.165, 1.54) is 16.8 Å². The second-order valence-corrected chi connectivity index (χ2v) is 7.03. The molecule has 0 aliphatic carbocycles. The van der Waals surface area contributed by atoms with Crippen LogP contribution in [0.1, 0.15) is 40.3 Å². The van der Waals surface area contributed by atoms with Crippen molar-refractivity contribution in [3.8, 4) is 0 Å². The van der Waals surface area contributed by atoms with E-state index < -0.39 is 0 Å². The van der Waals surface area contributed by atoms with Crippen LogP contribution in [0, 0.1) is 13.8 Å². The standard InChI is InChI=1S/C20H21N5S/c1-13-11-16(14(2)23-13)19-18(17-5-3-4-8-22-17)24-20(26)25(19)12-15-6-9-21-10-7-15/h3-11,18-19,23H,12H2,1-2H3,(H,24,26)/t18-,19+/m1/s1. The van der Waals surface area contributed by atoms with Gasteiger partial charge in [0.15, 0.2) is 5.11 Å². The Kier molecular flexibility index (Phi) is 4.42. The molecule has 1 saturated heterocycles. The van der Waals surface area contributed by atoms with Crippen LogP contribution in [0.15, 0.2) is 55.0 Å². The summed E-state index contributed by atoms with van der Waals surface area (Å²) in [6, 6.07) is 12.4. The molecular formula is C20H21N5S. The molecule has 0 bridgehead atoms. The zero-order valence-electron chi connectivity index (χ0n) is 14.8. The van der Waals surface area contributed by atoms with Gasteiger partial charge in [0.1, 0.15) is 0 Å². The van der Waals surface area contributed by atoms with E-state index in [0.29, 0.717) is 0 Å². The first-order chi connectivity index (χ1) is 12.6. The first-order valence-electron chi connectivity index (χ1n) is 8.66. The van der Waals surface area contributed by atoms with Gasteiger partial charge in [0.25, 0.3) is 0 Å². The van der Waals surface area contributed by atoms with E-state index >= 15 is 0 Å². The van der Waals surface area contributed by atoms with E-state index in [1.54, 1.807) is 0 Å². The molecule has 0 aromatic carbocycles. The Morgan fingerprint density at radius 1 is 1.12 bits per heavy atom. The van der Waals surface area contributed by atoms with Gasteiger partial charge in [0.05, 0.1) is 17.8 Å². The van der Waals surface area contributed by atoms with Gasteiger partial charge in [-0.1, -0.05) is 6.07 Å². The maximum atomic E-state index is 5.71. The molecule has 2 N–H and O–H groups in total. The Hall–Kier alpha value is -2.73. The van der Waals surface area contributed by atoms with Crippen molar-refractivity contribution in [2.75, 3.05) is 0 Å². The number of nitrogens with one attached hydrogen (secondary N) is 2. The van der Waals surface area contributed by atoms with Crippen molar-refractivity contribution in [2.24, 2.45) is 0 Å². The van der Waals surface area contributed by atoms with Gasteiger partial charge >= 0.3 is 0 Å². The predicted octanol–water partition coefficient (Wildman–Crippen LogP) is 3.59. The SMILES string of the molecule is Cc1cc([C@H]2[C@@H](c3ccccn3)NC(=S)N2Cc2ccncc2)c(C)[nH]1. The van der Waals surface area contributed by atoms with E-state index in [1.807, 2.05) is 42.9 Å². The summed E-state index contributed by atoms with van der Waals surface area (Å²) in [6.07, 6.45) is 5.47. The molecular weight excluding hydrogens is 342 g/mol. The zero-order chi connectivity index (χ0) is 18.1. The average molecular weight is 363 g/mol. The third-order valence-electron chi connectivity index (χ3n) is 4.81. The van der Waals surface area contributed by atoms with Crippen molar-refractivity contribution in [2.45, 2.75) is 32.5 Å². The molecule has 2 atom stereocenters. The minimum Gasteiger partial charge on any atom is -0.362 e. The van der Waals surface area contributed by atoms with Gasteiger partial charge in [0, 0.05) is 36.5 Å². The third-order valence-corrected chi connectivity index (χ3v) is 5.16. The molecule has 0 spiro atoms. The summed E-state index contributed by atoms with van der Waals surface area (Å²) in [6.45, 7) is 4.93. The van der Waals surface area contributed by atoms with Crippen LogP contribution in [-0.2, 0) is 6.54 Å². The molecule has 3 aromatic rings. The Bertz CT molecular complexity index is 906. The van der Waals surface area contributed by atoms with Crippen LogP contribution < -0.4 is 5.32 Å². The first kappa shape index (κ1) is 16.7. The van der Waals surface area contributed by atoms with E-state index in [2.05, 4.69) is 51.1 Å². The molecule has 26 heavy (non-hydrogen) atoms. The molecule has 0 amide bonds. The van der Waals surface area contributed by atoms with Crippen molar-refractivity contribution < 1.29 is 0 Å². The summed E-state index contributed by atoms with van der Waals surface area (Å²) in [5.41, 5.74) is 5.74. The topological polar surface area (TPSA) is 56.8 Å². The lowest BCUT2D eigenvalue weighted by Gasteiger charge is -2.28. The quantitative estimate of drug-likeness (QED) is 0.694. The summed E-state index contributed by atoms with van der Waals surface area (Å²) >= 11 is 5.71. The van der Waals surface area contributed by atoms with Gasteiger partial charge in [-0.05, 0) is 67.5 Å². The van der Waals surface area contributed by atoms with Crippen LogP contribution >= 0.6 is 12.2 Å². The Morgan fingerprint density at radius 2 is 1.92 bits per heavy atom. The molecule has 132 valence electrons. The summed E-state index contributed by atoms with van der Waals surface area (Å²) in [5, 5.41) is 4.24. The summed E-state index contributed by atoms with van der Waals surface area (Å²) in [5.74, 6) is 0. The molecule has 5 nitrogen and oxygen atoms in total. The number of aromatic amines is 1. The van der Waals surface area contributed by atoms with Gasteiger partial charge in [-0.25, -0.2) is 0 Å². The van der Waals surface area contributed by atoms with Crippen LogP contribution in [0.3, 0.4) is 0 Å². The first-order valence-corrected chi connectivity index (χ1v) is 9.07. The lowest BCUT2D eigenvalue weighted by atomic mass is 9.96. The van der Waals surface area contributed by atoms with Crippen molar-refractivity contribution in [1.82, 2.24) is 25.2 Å². The Labute approximate surface area is 158 Å². The van der Waals surface area contributed by atoms with Crippen LogP contribution in [0.5, 0.6) is 0 Å². The van der Waals surface area contributed by atoms with Crippen molar-refractivity contribution in [3.05, 3.63) is 83.2 Å². The van der Waals surface area contributed by atoms with Gasteiger partial charge in [0.2, 0.25) is 0 Å². The lowest BCUT2D eigenvalue weighted by molar-refractivity contribution is 0.310. The molecule has 0 unspecified atom stereocenters. The van der Waals surface area contributed by atoms with Crippen molar-refractivity contribution in [1.29, 1.82) is 0 Å². The Morgan fingerprint density at radius 3 is 2.58 bits per heavy atom. The second kappa shape index (κ2) is 6.88. The van der Waals surface area contributed by atoms with Crippen LogP contribution in [0.4, 0.5) is 0 Å². The monoisotopic (exact) mass is 363 g/mol. The maximum absolute atomic E-state index is 5.71. The van der Waals surface area contributed by atoms with Gasteiger partial charge < -0.3 is 15.2 Å². The molecule has 1 aliphatic heterocycles. The number of H-pyrrole nitrogens is 1. The highest BCUT2D eigenvalue weighted by Crippen LogP contribution is 2.40. The van der Waals surface area contributed by atoms with Gasteiger partial charge in [-0.3, -0.25) is 9.97 Å². The number of aryl methyl sites for hydroxylation is 2. The largest absolute Gasteiger partial charge is 0.362 e. The molecule has 4 heterocycles. The maximum Gasteiger partial charge on any atom is 0.170 e. The fourth-order valence-corrected chi connectivity index (χ4v) is 3.96. The van der Waals surface area contributed by atoms with Crippen LogP contribution in [0.25, 0.3) is 0 Å². The second-order valence-electron chi connectivity index (χ2n) is 6.64. The predicted molar refractivity (Wildman–Crippen MR) is 105 cm³/mol. The summed E-state index contributed by atoms with van der Waals surface area (Å²) in [4.78, 5) is 14.4. The lowest BCUT2D eigenvalue weighted by Crippen LogP contribution is -2.29. The van der Waals surface area contributed by atoms with E-state index in [4.69, 9.17) is 12.2 Å². The Balaban J connectivity index is 1.76. The number of rotatable bonds is 4. The average Bonchev–Trinajstić information content (AvgIpc) is 3.15.